The van der Waals surface area contributed by atoms with Gasteiger partial charge in [0.2, 0.25) is 0 Å². The molecule has 1 aromatic heterocycles. The highest BCUT2D eigenvalue weighted by Gasteiger charge is 2.19. The van der Waals surface area contributed by atoms with E-state index in [1.165, 1.54) is 17.9 Å². The lowest BCUT2D eigenvalue weighted by molar-refractivity contribution is 0.635. The Balaban J connectivity index is 2.27. The van der Waals surface area contributed by atoms with Crippen LogP contribution in [-0.4, -0.2) is 34.1 Å². The molecule has 1 fully saturated rings. The summed E-state index contributed by atoms with van der Waals surface area (Å²) in [6.45, 7) is 7.54. The van der Waals surface area contributed by atoms with E-state index in [4.69, 9.17) is 0 Å². The third kappa shape index (κ3) is 3.12. The first-order valence-electron chi connectivity index (χ1n) is 6.39. The Bertz CT molecular complexity index is 381. The summed E-state index contributed by atoms with van der Waals surface area (Å²) < 4.78 is 0. The normalized spacial score (nSPS) is 21.4. The number of hydrogen-bond acceptors (Lipinski definition) is 4. The summed E-state index contributed by atoms with van der Waals surface area (Å²) in [5.41, 5.74) is 1.15. The Morgan fingerprint density at radius 2 is 2.24 bits per heavy atom. The van der Waals surface area contributed by atoms with Crippen molar-refractivity contribution in [3.05, 3.63) is 17.6 Å². The molecule has 0 aromatic carbocycles. The Labute approximate surface area is 108 Å². The predicted molar refractivity (Wildman–Crippen MR) is 74.9 cm³/mol. The van der Waals surface area contributed by atoms with Crippen LogP contribution in [0.3, 0.4) is 0 Å². The number of aryl methyl sites for hydroxylation is 2. The van der Waals surface area contributed by atoms with E-state index >= 15 is 0 Å². The number of aromatic nitrogens is 2. The fraction of sp³-hybridized carbons (Fsp3) is 0.692. The van der Waals surface area contributed by atoms with E-state index in [1.54, 1.807) is 0 Å². The van der Waals surface area contributed by atoms with Gasteiger partial charge in [-0.2, -0.15) is 11.8 Å². The number of hydrogen-bond donors (Lipinski definition) is 0. The molecule has 1 aliphatic heterocycles. The first kappa shape index (κ1) is 12.7. The molecular formula is C13H21N3S. The summed E-state index contributed by atoms with van der Waals surface area (Å²) in [6.07, 6.45) is 2.22. The maximum atomic E-state index is 4.60. The molecule has 0 aliphatic carbocycles. The molecule has 1 atom stereocenters. The highest BCUT2D eigenvalue weighted by Crippen LogP contribution is 2.22. The van der Waals surface area contributed by atoms with Crippen LogP contribution in [0.5, 0.6) is 0 Å². The molecule has 0 N–H and O–H groups in total. The average molecular weight is 251 g/mol. The van der Waals surface area contributed by atoms with Crippen LogP contribution in [0, 0.1) is 6.92 Å². The first-order valence-corrected chi connectivity index (χ1v) is 7.55. The Kier molecular flexibility index (Phi) is 4.26. The Hall–Kier alpha value is -0.770. The van der Waals surface area contributed by atoms with Crippen molar-refractivity contribution in [2.24, 2.45) is 0 Å². The van der Waals surface area contributed by atoms with Crippen LogP contribution in [0.25, 0.3) is 0 Å². The van der Waals surface area contributed by atoms with Crippen LogP contribution >= 0.6 is 11.8 Å². The van der Waals surface area contributed by atoms with Crippen LogP contribution in [-0.2, 0) is 6.42 Å². The third-order valence-corrected chi connectivity index (χ3v) is 4.22. The Morgan fingerprint density at radius 1 is 1.41 bits per heavy atom. The molecule has 0 radical (unpaired) electrons. The molecule has 0 bridgehead atoms. The lowest BCUT2D eigenvalue weighted by Crippen LogP contribution is -2.34. The van der Waals surface area contributed by atoms with Gasteiger partial charge in [-0.05, 0) is 32.4 Å². The SMILES string of the molecule is CCc1cc(N2CCSCCC2C)nc(C)n1. The van der Waals surface area contributed by atoms with Crippen molar-refractivity contribution in [2.75, 3.05) is 23.0 Å². The molecule has 1 aliphatic rings. The summed E-state index contributed by atoms with van der Waals surface area (Å²) in [7, 11) is 0. The molecule has 3 nitrogen and oxygen atoms in total. The number of anilines is 1. The maximum absolute atomic E-state index is 4.60. The van der Waals surface area contributed by atoms with Gasteiger partial charge in [0.15, 0.2) is 0 Å². The van der Waals surface area contributed by atoms with E-state index in [1.807, 2.05) is 18.7 Å². The molecule has 1 unspecified atom stereocenters. The minimum absolute atomic E-state index is 0.587. The molecule has 2 heterocycles. The second-order valence-electron chi connectivity index (χ2n) is 4.56. The molecule has 0 amide bonds. The van der Waals surface area contributed by atoms with Gasteiger partial charge in [-0.25, -0.2) is 9.97 Å². The molecule has 4 heteroatoms. The second-order valence-corrected chi connectivity index (χ2v) is 5.79. The van der Waals surface area contributed by atoms with Crippen LogP contribution in [0.1, 0.15) is 31.8 Å². The first-order chi connectivity index (χ1) is 8.20. The minimum Gasteiger partial charge on any atom is -0.353 e. The molecule has 1 aromatic rings. The predicted octanol–water partition coefficient (Wildman–Crippen LogP) is 2.68. The zero-order chi connectivity index (χ0) is 12.3. The molecule has 0 saturated carbocycles. The molecular weight excluding hydrogens is 230 g/mol. The fourth-order valence-corrected chi connectivity index (χ4v) is 3.21. The van der Waals surface area contributed by atoms with E-state index in [0.717, 1.165) is 30.3 Å². The lowest BCUT2D eigenvalue weighted by atomic mass is 10.2. The second kappa shape index (κ2) is 5.71. The zero-order valence-electron chi connectivity index (χ0n) is 10.9. The van der Waals surface area contributed by atoms with Crippen molar-refractivity contribution in [3.8, 4) is 0 Å². The molecule has 17 heavy (non-hydrogen) atoms. The maximum Gasteiger partial charge on any atom is 0.132 e. The van der Waals surface area contributed by atoms with Crippen LogP contribution < -0.4 is 4.90 Å². The minimum atomic E-state index is 0.587. The molecule has 1 saturated heterocycles. The van der Waals surface area contributed by atoms with Crippen molar-refractivity contribution in [3.63, 3.8) is 0 Å². The average Bonchev–Trinajstić information content (AvgIpc) is 2.53. The van der Waals surface area contributed by atoms with Gasteiger partial charge in [-0.15, -0.1) is 0 Å². The summed E-state index contributed by atoms with van der Waals surface area (Å²) in [5.74, 6) is 4.48. The highest BCUT2D eigenvalue weighted by molar-refractivity contribution is 7.99. The van der Waals surface area contributed by atoms with Gasteiger partial charge in [0.25, 0.3) is 0 Å². The van der Waals surface area contributed by atoms with E-state index < -0.39 is 0 Å². The Morgan fingerprint density at radius 3 is 3.00 bits per heavy atom. The van der Waals surface area contributed by atoms with Crippen molar-refractivity contribution in [2.45, 2.75) is 39.7 Å². The number of rotatable bonds is 2. The van der Waals surface area contributed by atoms with Gasteiger partial charge in [-0.1, -0.05) is 6.92 Å². The van der Waals surface area contributed by atoms with Crippen molar-refractivity contribution in [1.82, 2.24) is 9.97 Å². The van der Waals surface area contributed by atoms with Gasteiger partial charge in [0.1, 0.15) is 11.6 Å². The monoisotopic (exact) mass is 251 g/mol. The summed E-state index contributed by atoms with van der Waals surface area (Å²) >= 11 is 2.05. The third-order valence-electron chi connectivity index (χ3n) is 3.22. The van der Waals surface area contributed by atoms with Crippen LogP contribution in [0.2, 0.25) is 0 Å². The summed E-state index contributed by atoms with van der Waals surface area (Å²) in [6, 6.07) is 2.74. The van der Waals surface area contributed by atoms with Gasteiger partial charge >= 0.3 is 0 Å². The van der Waals surface area contributed by atoms with Crippen molar-refractivity contribution >= 4 is 17.6 Å². The number of nitrogens with zero attached hydrogens (tertiary/aromatic N) is 3. The topological polar surface area (TPSA) is 29.0 Å². The zero-order valence-corrected chi connectivity index (χ0v) is 11.8. The van der Waals surface area contributed by atoms with E-state index in [9.17, 15) is 0 Å². The summed E-state index contributed by atoms with van der Waals surface area (Å²) in [5, 5.41) is 0. The van der Waals surface area contributed by atoms with Crippen molar-refractivity contribution < 1.29 is 0 Å². The van der Waals surface area contributed by atoms with Gasteiger partial charge in [-0.3, -0.25) is 0 Å². The summed E-state index contributed by atoms with van der Waals surface area (Å²) in [4.78, 5) is 11.5. The van der Waals surface area contributed by atoms with Crippen LogP contribution in [0.15, 0.2) is 6.07 Å². The van der Waals surface area contributed by atoms with E-state index in [-0.39, 0.29) is 0 Å². The molecule has 2 rings (SSSR count). The largest absolute Gasteiger partial charge is 0.353 e. The highest BCUT2D eigenvalue weighted by atomic mass is 32.2. The van der Waals surface area contributed by atoms with Gasteiger partial charge in [0, 0.05) is 30.1 Å². The van der Waals surface area contributed by atoms with Gasteiger partial charge < -0.3 is 4.90 Å². The molecule has 94 valence electrons. The van der Waals surface area contributed by atoms with Crippen LogP contribution in [0.4, 0.5) is 5.82 Å². The standard InChI is InChI=1S/C13H21N3S/c1-4-12-9-13(15-11(3)14-12)16-6-8-17-7-5-10(16)2/h9-10H,4-8H2,1-3H3. The quantitative estimate of drug-likeness (QED) is 0.808. The van der Waals surface area contributed by atoms with Gasteiger partial charge in [0.05, 0.1) is 0 Å². The fourth-order valence-electron chi connectivity index (χ4n) is 2.18. The van der Waals surface area contributed by atoms with Crippen molar-refractivity contribution in [1.29, 1.82) is 0 Å². The van der Waals surface area contributed by atoms with E-state index in [0.29, 0.717) is 6.04 Å². The molecule has 0 spiro atoms. The smallest absolute Gasteiger partial charge is 0.132 e. The number of thioether (sulfide) groups is 1. The lowest BCUT2D eigenvalue weighted by Gasteiger charge is -2.28. The van der Waals surface area contributed by atoms with E-state index in [2.05, 4.69) is 34.8 Å².